The van der Waals surface area contributed by atoms with Crippen molar-refractivity contribution in [2.45, 2.75) is 308 Å². The maximum atomic E-state index is 12.5. The van der Waals surface area contributed by atoms with Gasteiger partial charge < -0.3 is 153 Å². The van der Waals surface area contributed by atoms with E-state index in [1.807, 2.05) is 6.92 Å². The number of rotatable bonds is 20. The molecule has 3 saturated carbocycles. The summed E-state index contributed by atoms with van der Waals surface area (Å²) >= 11 is 0. The van der Waals surface area contributed by atoms with Crippen LogP contribution in [0.5, 0.6) is 0 Å². The van der Waals surface area contributed by atoms with Gasteiger partial charge in [-0.15, -0.1) is 0 Å². The molecule has 10 fully saturated rings. The standard InChI is InChI=1S/C64H106O31/c1-23(22-83-56-47(77)43(73)40(70)34(19-65)88-56)11-16-64(82-8)24(2)37-33(95-64)18-32-30-10-9-28-17-29(12-14-62(28,6)31(30)13-15-63(32,37)7)87-61-55(94-57-48(78)42(72)38(68)25(3)84-57)51(81)53(36(21-67)90-61)92-58-50(80)46(76)52(27(5)86-58)91-60-54(45(75)39(69)26(4)85-60)93-59-49(79)44(74)41(71)35(20-66)89-59/h9,23-27,29-61,65-81H,10-22H2,1-8H3/t23-,24+,25+,26+,27+,29+,30-,31+,32+,33+,34-,35-,36-,37+,38+,39+,40-,41-,42-,43+,44+,45-,46+,47-,48-,49-,50-,51+,52+,53-,54-,55-,56-,57+,58+,59+,60+,61-,62+,63+,64+/m1/s1. The van der Waals surface area contributed by atoms with Crippen molar-refractivity contribution < 1.29 is 153 Å². The number of methoxy groups -OCH3 is 1. The van der Waals surface area contributed by atoms with Gasteiger partial charge in [-0.2, -0.15) is 0 Å². The summed E-state index contributed by atoms with van der Waals surface area (Å²) in [6, 6.07) is 0. The van der Waals surface area contributed by atoms with Crippen molar-refractivity contribution in [3.63, 3.8) is 0 Å². The normalized spacial score (nSPS) is 55.2. The lowest BCUT2D eigenvalue weighted by Crippen LogP contribution is -2.67. The molecule has 95 heavy (non-hydrogen) atoms. The third-order valence-electron chi connectivity index (χ3n) is 24.0. The van der Waals surface area contributed by atoms with Crippen molar-refractivity contribution in [2.24, 2.45) is 46.3 Å². The largest absolute Gasteiger partial charge is 0.394 e. The Morgan fingerprint density at radius 3 is 1.62 bits per heavy atom. The van der Waals surface area contributed by atoms with E-state index in [2.05, 4.69) is 26.8 Å². The summed E-state index contributed by atoms with van der Waals surface area (Å²) in [4.78, 5) is 0. The fourth-order valence-corrected chi connectivity index (χ4v) is 18.2. The van der Waals surface area contributed by atoms with E-state index in [0.717, 1.165) is 32.1 Å². The van der Waals surface area contributed by atoms with Gasteiger partial charge in [-0.05, 0) is 113 Å². The van der Waals surface area contributed by atoms with E-state index < -0.39 is 216 Å². The van der Waals surface area contributed by atoms with Crippen molar-refractivity contribution in [3.05, 3.63) is 11.6 Å². The molecule has 7 saturated heterocycles. The van der Waals surface area contributed by atoms with Gasteiger partial charge in [0.15, 0.2) is 43.5 Å². The number of hydrogen-bond acceptors (Lipinski definition) is 31. The molecule has 31 nitrogen and oxygen atoms in total. The molecule has 7 heterocycles. The van der Waals surface area contributed by atoms with Gasteiger partial charge in [0.05, 0.1) is 56.9 Å². The molecule has 0 aromatic rings. The van der Waals surface area contributed by atoms with Crippen molar-refractivity contribution in [3.8, 4) is 0 Å². The second-order valence-corrected chi connectivity index (χ2v) is 29.6. The van der Waals surface area contributed by atoms with Crippen molar-refractivity contribution in [1.29, 1.82) is 0 Å². The molecule has 0 bridgehead atoms. The van der Waals surface area contributed by atoms with Crippen LogP contribution < -0.4 is 0 Å². The fourth-order valence-electron chi connectivity index (χ4n) is 18.2. The highest BCUT2D eigenvalue weighted by Crippen LogP contribution is 2.70. The van der Waals surface area contributed by atoms with Gasteiger partial charge in [-0.25, -0.2) is 0 Å². The Balaban J connectivity index is 0.742. The molecule has 41 atom stereocenters. The van der Waals surface area contributed by atoms with E-state index in [0.29, 0.717) is 43.4 Å². The van der Waals surface area contributed by atoms with Crippen LogP contribution in [0, 0.1) is 46.3 Å². The first-order chi connectivity index (χ1) is 44.9. The Hall–Kier alpha value is -1.50. The third-order valence-corrected chi connectivity index (χ3v) is 24.0. The van der Waals surface area contributed by atoms with Crippen LogP contribution in [0.2, 0.25) is 0 Å². The van der Waals surface area contributed by atoms with E-state index in [4.69, 9.17) is 66.3 Å². The predicted molar refractivity (Wildman–Crippen MR) is 317 cm³/mol. The Kier molecular flexibility index (Phi) is 23.3. The lowest BCUT2D eigenvalue weighted by Gasteiger charge is -2.58. The van der Waals surface area contributed by atoms with Gasteiger partial charge in [-0.3, -0.25) is 0 Å². The minimum atomic E-state index is -2.01. The summed E-state index contributed by atoms with van der Waals surface area (Å²) in [5.74, 6) is 0.530. The molecule has 0 spiro atoms. The smallest absolute Gasteiger partial charge is 0.187 e. The summed E-state index contributed by atoms with van der Waals surface area (Å²) in [6.07, 6.45) is -39.4. The summed E-state index contributed by atoms with van der Waals surface area (Å²) in [5.41, 5.74) is 0.999. The summed E-state index contributed by atoms with van der Waals surface area (Å²) in [5, 5.41) is 184. The second kappa shape index (κ2) is 29.7. The molecule has 31 heteroatoms. The van der Waals surface area contributed by atoms with E-state index in [1.54, 1.807) is 7.11 Å². The summed E-state index contributed by atoms with van der Waals surface area (Å²) in [6.45, 7) is 11.3. The van der Waals surface area contributed by atoms with Gasteiger partial charge in [0.25, 0.3) is 0 Å². The zero-order valence-electron chi connectivity index (χ0n) is 55.0. The Bertz CT molecular complexity index is 2540. The molecule has 0 aromatic heterocycles. The lowest BCUT2D eigenvalue weighted by molar-refractivity contribution is -0.399. The molecule has 0 radical (unpaired) electrons. The van der Waals surface area contributed by atoms with Gasteiger partial charge >= 0.3 is 0 Å². The van der Waals surface area contributed by atoms with Crippen LogP contribution in [-0.4, -0.2) is 323 Å². The average molecular weight is 1370 g/mol. The molecule has 11 aliphatic rings. The van der Waals surface area contributed by atoms with E-state index in [1.165, 1.54) is 26.3 Å². The number of ether oxygens (including phenoxy) is 14. The topological polar surface area (TPSA) is 473 Å². The van der Waals surface area contributed by atoms with Gasteiger partial charge in [0.1, 0.15) is 128 Å². The molecule has 548 valence electrons. The SMILES string of the molecule is CO[C@@]1(CC[C@@H](C)CO[C@@H]2O[C@H](CO)[C@@H](O)[C@H](O)[C@H]2O)O[C@H]2C[C@H]3[C@@H]4CC=C5C[C@@H](O[C@@H]6O[C@H](CO)[C@@H](O[C@@H]7O[C@@H](C)[C@H](O[C@@H]8O[C@@H](C)[C@H](O)[C@@H](O)[C@H]8O[C@@H]8O[C@H](CO)[C@@H](O)[C@H](O)[C@H]8O)[C@@H](O)[C@H]7O)[C@H](O)[C@H]6O[C@@H]6O[C@@H](C)[C@H](O)[C@@H](O)[C@H]6O)CC[C@]5(C)[C@H]4CC[C@]3(C)[C@H]2[C@@H]1C. The Morgan fingerprint density at radius 1 is 0.505 bits per heavy atom. The number of aliphatic hydroxyl groups is 17. The molecular weight excluding hydrogens is 1260 g/mol. The molecule has 11 rings (SSSR count). The number of aliphatic hydroxyl groups excluding tert-OH is 17. The molecule has 0 aromatic carbocycles. The van der Waals surface area contributed by atoms with Crippen LogP contribution in [0.1, 0.15) is 106 Å². The number of fused-ring (bicyclic) bond motifs is 7. The van der Waals surface area contributed by atoms with Gasteiger partial charge in [0.2, 0.25) is 0 Å². The zero-order valence-corrected chi connectivity index (χ0v) is 55.0. The van der Waals surface area contributed by atoms with Gasteiger partial charge in [-0.1, -0.05) is 39.3 Å². The second-order valence-electron chi connectivity index (χ2n) is 29.6. The molecule has 17 N–H and O–H groups in total. The molecule has 0 unspecified atom stereocenters. The minimum Gasteiger partial charge on any atom is -0.394 e. The monoisotopic (exact) mass is 1370 g/mol. The maximum Gasteiger partial charge on any atom is 0.187 e. The van der Waals surface area contributed by atoms with E-state index in [9.17, 15) is 86.8 Å². The highest BCUT2D eigenvalue weighted by atomic mass is 16.8. The van der Waals surface area contributed by atoms with Gasteiger partial charge in [0, 0.05) is 19.4 Å². The highest BCUT2D eigenvalue weighted by Gasteiger charge is 2.69. The first-order valence-electron chi connectivity index (χ1n) is 34.1. The number of allylic oxidation sites excluding steroid dienone is 1. The predicted octanol–water partition coefficient (Wildman–Crippen LogP) is -4.65. The first kappa shape index (κ1) is 74.7. The highest BCUT2D eigenvalue weighted by molar-refractivity contribution is 5.26. The Labute approximate surface area is 551 Å². The molecular formula is C64H106O31. The minimum absolute atomic E-state index is 0.0244. The summed E-state index contributed by atoms with van der Waals surface area (Å²) in [7, 11) is 1.70. The van der Waals surface area contributed by atoms with Crippen molar-refractivity contribution in [1.82, 2.24) is 0 Å². The summed E-state index contributed by atoms with van der Waals surface area (Å²) < 4.78 is 85.8. The third kappa shape index (κ3) is 13.8. The number of hydrogen-bond donors (Lipinski definition) is 17. The fraction of sp³-hybridized carbons (Fsp3) is 0.969. The van der Waals surface area contributed by atoms with E-state index >= 15 is 0 Å². The Morgan fingerprint density at radius 2 is 1.00 bits per heavy atom. The quantitative estimate of drug-likeness (QED) is 0.0510. The van der Waals surface area contributed by atoms with Crippen LogP contribution >= 0.6 is 0 Å². The average Bonchev–Trinajstić information content (AvgIpc) is 1.56. The molecule has 0 amide bonds. The van der Waals surface area contributed by atoms with Crippen molar-refractivity contribution in [2.75, 3.05) is 33.5 Å². The van der Waals surface area contributed by atoms with Crippen LogP contribution in [-0.2, 0) is 66.3 Å². The maximum absolute atomic E-state index is 12.5. The van der Waals surface area contributed by atoms with Crippen LogP contribution in [0.4, 0.5) is 0 Å². The zero-order chi connectivity index (χ0) is 68.8. The van der Waals surface area contributed by atoms with Crippen molar-refractivity contribution >= 4 is 0 Å². The van der Waals surface area contributed by atoms with Crippen LogP contribution in [0.3, 0.4) is 0 Å². The molecule has 4 aliphatic carbocycles. The lowest BCUT2D eigenvalue weighted by atomic mass is 9.47. The molecule has 7 aliphatic heterocycles. The van der Waals surface area contributed by atoms with Crippen LogP contribution in [0.15, 0.2) is 11.6 Å². The first-order valence-corrected chi connectivity index (χ1v) is 34.1. The van der Waals surface area contributed by atoms with Crippen LogP contribution in [0.25, 0.3) is 0 Å². The van der Waals surface area contributed by atoms with E-state index in [-0.39, 0.29) is 41.3 Å².